The lowest BCUT2D eigenvalue weighted by Crippen LogP contribution is -2.34. The summed E-state index contributed by atoms with van der Waals surface area (Å²) in [6.07, 6.45) is 0.362. The van der Waals surface area contributed by atoms with Crippen LogP contribution in [0.1, 0.15) is 29.9 Å². The molecule has 0 bridgehead atoms. The van der Waals surface area contributed by atoms with Crippen molar-refractivity contribution in [2.24, 2.45) is 5.92 Å². The van der Waals surface area contributed by atoms with Crippen LogP contribution in [0.4, 0.5) is 8.78 Å². The molecule has 0 saturated heterocycles. The summed E-state index contributed by atoms with van der Waals surface area (Å²) < 4.78 is 32.7. The van der Waals surface area contributed by atoms with Crippen molar-refractivity contribution in [3.8, 4) is 5.75 Å². The molecule has 28 heavy (non-hydrogen) atoms. The first-order chi connectivity index (χ1) is 13.4. The number of amides is 1. The number of aliphatic carboxylic acids is 1. The van der Waals surface area contributed by atoms with E-state index in [0.717, 1.165) is 11.6 Å². The molecule has 148 valence electrons. The zero-order chi connectivity index (χ0) is 20.3. The van der Waals surface area contributed by atoms with E-state index in [1.165, 1.54) is 17.0 Å². The fraction of sp³-hybridized carbons (Fsp3) is 0.333. The Morgan fingerprint density at radius 2 is 1.96 bits per heavy atom. The second kappa shape index (κ2) is 8.37. The maximum absolute atomic E-state index is 14.0. The van der Waals surface area contributed by atoms with Crippen LogP contribution in [0, 0.1) is 17.6 Å². The Balaban J connectivity index is 1.75. The predicted molar refractivity (Wildman–Crippen MR) is 97.9 cm³/mol. The standard InChI is InChI=1S/C21H21F2NO4/c1-28-15-6-2-4-13(10-15)16-11-17(16)21(27)24(9-8-19(25)26)12-14-5-3-7-18(22)20(14)23/h2-7,10,16-17H,8-9,11-12H2,1H3,(H,25,26)/t16-,17-/m1/s1. The number of carbonyl (C=O) groups is 2. The highest BCUT2D eigenvalue weighted by atomic mass is 19.2. The molecule has 0 heterocycles. The number of benzene rings is 2. The summed E-state index contributed by atoms with van der Waals surface area (Å²) in [5.74, 6) is -2.93. The number of methoxy groups -OCH3 is 1. The molecule has 0 aromatic heterocycles. The maximum atomic E-state index is 14.0. The summed E-state index contributed by atoms with van der Waals surface area (Å²) in [7, 11) is 1.57. The molecular weight excluding hydrogens is 368 g/mol. The smallest absolute Gasteiger partial charge is 0.305 e. The van der Waals surface area contributed by atoms with Gasteiger partial charge in [0.15, 0.2) is 11.6 Å². The summed E-state index contributed by atoms with van der Waals surface area (Å²) in [4.78, 5) is 25.2. The maximum Gasteiger partial charge on any atom is 0.305 e. The lowest BCUT2D eigenvalue weighted by molar-refractivity contribution is -0.139. The first-order valence-electron chi connectivity index (χ1n) is 8.98. The fourth-order valence-corrected chi connectivity index (χ4v) is 3.32. The van der Waals surface area contributed by atoms with Crippen molar-refractivity contribution in [2.75, 3.05) is 13.7 Å². The van der Waals surface area contributed by atoms with Crippen molar-refractivity contribution in [3.63, 3.8) is 0 Å². The van der Waals surface area contributed by atoms with Gasteiger partial charge in [0.05, 0.1) is 13.5 Å². The number of halogens is 2. The molecule has 1 aliphatic carbocycles. The molecule has 2 aromatic rings. The van der Waals surface area contributed by atoms with E-state index in [1.807, 2.05) is 24.3 Å². The van der Waals surface area contributed by atoms with Crippen molar-refractivity contribution < 1.29 is 28.2 Å². The summed E-state index contributed by atoms with van der Waals surface area (Å²) in [5, 5.41) is 8.96. The number of ether oxygens (including phenoxy) is 1. The first-order valence-corrected chi connectivity index (χ1v) is 8.98. The van der Waals surface area contributed by atoms with Crippen molar-refractivity contribution in [1.82, 2.24) is 4.90 Å². The Hall–Kier alpha value is -2.96. The van der Waals surface area contributed by atoms with E-state index in [1.54, 1.807) is 7.11 Å². The fourth-order valence-electron chi connectivity index (χ4n) is 3.32. The van der Waals surface area contributed by atoms with E-state index in [4.69, 9.17) is 9.84 Å². The number of rotatable bonds is 8. The van der Waals surface area contributed by atoms with Crippen LogP contribution in [0.25, 0.3) is 0 Å². The SMILES string of the molecule is COc1cccc([C@H]2C[C@H]2C(=O)N(CCC(=O)O)Cc2cccc(F)c2F)c1. The number of carboxylic acids is 1. The Labute approximate surface area is 161 Å². The number of nitrogens with zero attached hydrogens (tertiary/aromatic N) is 1. The highest BCUT2D eigenvalue weighted by Gasteiger charge is 2.46. The van der Waals surface area contributed by atoms with Gasteiger partial charge in [-0.15, -0.1) is 0 Å². The quantitative estimate of drug-likeness (QED) is 0.749. The topological polar surface area (TPSA) is 66.8 Å². The van der Waals surface area contributed by atoms with Crippen LogP contribution < -0.4 is 4.74 Å². The van der Waals surface area contributed by atoms with E-state index in [9.17, 15) is 18.4 Å². The highest BCUT2D eigenvalue weighted by molar-refractivity contribution is 5.83. The third-order valence-corrected chi connectivity index (χ3v) is 4.93. The normalized spacial score (nSPS) is 17.8. The Morgan fingerprint density at radius 1 is 1.21 bits per heavy atom. The number of hydrogen-bond acceptors (Lipinski definition) is 3. The third kappa shape index (κ3) is 4.47. The number of carboxylic acid groups (broad SMARTS) is 1. The highest BCUT2D eigenvalue weighted by Crippen LogP contribution is 2.49. The summed E-state index contributed by atoms with van der Waals surface area (Å²) in [6.45, 7) is -0.234. The molecule has 0 radical (unpaired) electrons. The molecule has 2 aromatic carbocycles. The molecule has 3 rings (SSSR count). The van der Waals surface area contributed by atoms with Gasteiger partial charge in [0.1, 0.15) is 5.75 Å². The van der Waals surface area contributed by atoms with Crippen molar-refractivity contribution in [3.05, 3.63) is 65.2 Å². The minimum absolute atomic E-state index is 0.00674. The first kappa shape index (κ1) is 19.8. The molecule has 0 spiro atoms. The Morgan fingerprint density at radius 3 is 2.68 bits per heavy atom. The van der Waals surface area contributed by atoms with E-state index in [-0.39, 0.29) is 42.8 Å². The van der Waals surface area contributed by atoms with Gasteiger partial charge in [0, 0.05) is 24.6 Å². The van der Waals surface area contributed by atoms with Crippen LogP contribution in [-0.2, 0) is 16.1 Å². The van der Waals surface area contributed by atoms with Gasteiger partial charge in [-0.05, 0) is 36.1 Å². The molecule has 1 N–H and O–H groups in total. The molecule has 5 nitrogen and oxygen atoms in total. The molecule has 1 amide bonds. The van der Waals surface area contributed by atoms with Gasteiger partial charge in [-0.25, -0.2) is 8.78 Å². The zero-order valence-electron chi connectivity index (χ0n) is 15.4. The lowest BCUT2D eigenvalue weighted by atomic mass is 10.1. The van der Waals surface area contributed by atoms with Crippen molar-refractivity contribution >= 4 is 11.9 Å². The molecule has 0 aliphatic heterocycles. The Bertz CT molecular complexity index is 886. The summed E-state index contributed by atoms with van der Waals surface area (Å²) >= 11 is 0. The molecule has 1 aliphatic rings. The van der Waals surface area contributed by atoms with Gasteiger partial charge in [-0.3, -0.25) is 9.59 Å². The van der Waals surface area contributed by atoms with Gasteiger partial charge in [-0.1, -0.05) is 24.3 Å². The minimum Gasteiger partial charge on any atom is -0.497 e. The van der Waals surface area contributed by atoms with E-state index in [2.05, 4.69) is 0 Å². The van der Waals surface area contributed by atoms with Crippen molar-refractivity contribution in [1.29, 1.82) is 0 Å². The predicted octanol–water partition coefficient (Wildman–Crippen LogP) is 3.58. The van der Waals surface area contributed by atoms with Gasteiger partial charge in [0.25, 0.3) is 0 Å². The van der Waals surface area contributed by atoms with Gasteiger partial charge in [0.2, 0.25) is 5.91 Å². The number of carbonyl (C=O) groups excluding carboxylic acids is 1. The molecular formula is C21H21F2NO4. The molecule has 1 fully saturated rings. The molecule has 7 heteroatoms. The van der Waals surface area contributed by atoms with Crippen molar-refractivity contribution in [2.45, 2.75) is 25.3 Å². The lowest BCUT2D eigenvalue weighted by Gasteiger charge is -2.23. The van der Waals surface area contributed by atoms with Crippen LogP contribution >= 0.6 is 0 Å². The number of hydrogen-bond donors (Lipinski definition) is 1. The van der Waals surface area contributed by atoms with Gasteiger partial charge in [-0.2, -0.15) is 0 Å². The Kier molecular flexibility index (Phi) is 5.92. The average molecular weight is 389 g/mol. The summed E-state index contributed by atoms with van der Waals surface area (Å²) in [5.41, 5.74) is 0.991. The second-order valence-electron chi connectivity index (χ2n) is 6.84. The zero-order valence-corrected chi connectivity index (χ0v) is 15.4. The van der Waals surface area contributed by atoms with Crippen LogP contribution in [0.3, 0.4) is 0 Å². The average Bonchev–Trinajstić information content (AvgIpc) is 3.48. The monoisotopic (exact) mass is 389 g/mol. The van der Waals surface area contributed by atoms with Crippen LogP contribution in [0.15, 0.2) is 42.5 Å². The summed E-state index contributed by atoms with van der Waals surface area (Å²) in [6, 6.07) is 11.2. The minimum atomic E-state index is -1.06. The molecule has 1 saturated carbocycles. The van der Waals surface area contributed by atoms with Crippen LogP contribution in [-0.4, -0.2) is 35.5 Å². The van der Waals surface area contributed by atoms with E-state index < -0.39 is 17.6 Å². The third-order valence-electron chi connectivity index (χ3n) is 4.93. The van der Waals surface area contributed by atoms with Gasteiger partial charge >= 0.3 is 5.97 Å². The van der Waals surface area contributed by atoms with E-state index in [0.29, 0.717) is 12.2 Å². The van der Waals surface area contributed by atoms with Crippen LogP contribution in [0.5, 0.6) is 5.75 Å². The largest absolute Gasteiger partial charge is 0.497 e. The molecule has 2 atom stereocenters. The van der Waals surface area contributed by atoms with Crippen LogP contribution in [0.2, 0.25) is 0 Å². The van der Waals surface area contributed by atoms with Gasteiger partial charge < -0.3 is 14.7 Å². The van der Waals surface area contributed by atoms with E-state index >= 15 is 0 Å². The second-order valence-corrected chi connectivity index (χ2v) is 6.84. The molecule has 0 unspecified atom stereocenters.